The van der Waals surface area contributed by atoms with Crippen molar-refractivity contribution >= 4 is 5.82 Å². The molecule has 0 bridgehead atoms. The molecule has 2 heterocycles. The van der Waals surface area contributed by atoms with Crippen LogP contribution in [-0.2, 0) is 0 Å². The van der Waals surface area contributed by atoms with Gasteiger partial charge in [0.2, 0.25) is 0 Å². The van der Waals surface area contributed by atoms with E-state index in [9.17, 15) is 0 Å². The number of nitrogens with two attached hydrogens (primary N) is 1. The van der Waals surface area contributed by atoms with Gasteiger partial charge in [0.25, 0.3) is 0 Å². The summed E-state index contributed by atoms with van der Waals surface area (Å²) in [6.45, 7) is 6.67. The zero-order valence-electron chi connectivity index (χ0n) is 11.2. The van der Waals surface area contributed by atoms with Crippen LogP contribution in [0.3, 0.4) is 0 Å². The van der Waals surface area contributed by atoms with E-state index in [0.29, 0.717) is 17.8 Å². The monoisotopic (exact) mass is 244 g/mol. The first-order valence-corrected chi connectivity index (χ1v) is 6.37. The van der Waals surface area contributed by atoms with Crippen LogP contribution in [0.2, 0.25) is 0 Å². The highest BCUT2D eigenvalue weighted by Crippen LogP contribution is 2.29. The molecule has 0 fully saturated rings. The SMILES string of the molecule is CCC(C)C(C)n1cncc1-c1cccnc1N. The summed E-state index contributed by atoms with van der Waals surface area (Å²) in [5, 5.41) is 0. The smallest absolute Gasteiger partial charge is 0.132 e. The molecule has 0 aliphatic carbocycles. The van der Waals surface area contributed by atoms with Crippen molar-refractivity contribution in [2.24, 2.45) is 5.92 Å². The van der Waals surface area contributed by atoms with Gasteiger partial charge in [0.15, 0.2) is 0 Å². The first-order chi connectivity index (χ1) is 8.65. The fraction of sp³-hybridized carbons (Fsp3) is 0.429. The summed E-state index contributed by atoms with van der Waals surface area (Å²) < 4.78 is 2.18. The molecule has 0 amide bonds. The molecule has 2 N–H and O–H groups in total. The van der Waals surface area contributed by atoms with Crippen molar-refractivity contribution in [3.8, 4) is 11.3 Å². The van der Waals surface area contributed by atoms with Gasteiger partial charge in [-0.3, -0.25) is 0 Å². The number of hydrogen-bond donors (Lipinski definition) is 1. The molecule has 0 saturated heterocycles. The Bertz CT molecular complexity index is 518. The zero-order chi connectivity index (χ0) is 13.1. The minimum absolute atomic E-state index is 0.395. The number of imidazole rings is 1. The third-order valence-electron chi connectivity index (χ3n) is 3.69. The maximum atomic E-state index is 5.94. The van der Waals surface area contributed by atoms with Crippen molar-refractivity contribution in [2.75, 3.05) is 5.73 Å². The molecule has 96 valence electrons. The molecule has 2 atom stereocenters. The van der Waals surface area contributed by atoms with Gasteiger partial charge in [-0.25, -0.2) is 9.97 Å². The number of pyridine rings is 1. The summed E-state index contributed by atoms with van der Waals surface area (Å²) in [6.07, 6.45) is 6.57. The van der Waals surface area contributed by atoms with Gasteiger partial charge >= 0.3 is 0 Å². The number of nitrogen functional groups attached to an aromatic ring is 1. The molecule has 0 aliphatic heterocycles. The second-order valence-electron chi connectivity index (χ2n) is 4.75. The molecule has 0 aromatic carbocycles. The van der Waals surface area contributed by atoms with Crippen LogP contribution in [0.5, 0.6) is 0 Å². The molecule has 0 saturated carbocycles. The molecule has 2 aromatic heterocycles. The van der Waals surface area contributed by atoms with E-state index >= 15 is 0 Å². The predicted molar refractivity (Wildman–Crippen MR) is 74.0 cm³/mol. The lowest BCUT2D eigenvalue weighted by atomic mass is 10.00. The zero-order valence-corrected chi connectivity index (χ0v) is 11.2. The van der Waals surface area contributed by atoms with Crippen LogP contribution in [-0.4, -0.2) is 14.5 Å². The van der Waals surface area contributed by atoms with Crippen LogP contribution in [0.1, 0.15) is 33.2 Å². The van der Waals surface area contributed by atoms with Crippen LogP contribution in [0.4, 0.5) is 5.82 Å². The first kappa shape index (κ1) is 12.6. The van der Waals surface area contributed by atoms with Gasteiger partial charge in [0.1, 0.15) is 5.82 Å². The van der Waals surface area contributed by atoms with Crippen LogP contribution in [0.25, 0.3) is 11.3 Å². The summed E-state index contributed by atoms with van der Waals surface area (Å²) in [6, 6.07) is 4.28. The minimum Gasteiger partial charge on any atom is -0.383 e. The van der Waals surface area contributed by atoms with E-state index in [1.54, 1.807) is 6.20 Å². The van der Waals surface area contributed by atoms with Gasteiger partial charge in [-0.15, -0.1) is 0 Å². The number of rotatable bonds is 4. The Hall–Kier alpha value is -1.84. The fourth-order valence-electron chi connectivity index (χ4n) is 2.09. The lowest BCUT2D eigenvalue weighted by Crippen LogP contribution is -2.14. The Labute approximate surface area is 108 Å². The molecular weight excluding hydrogens is 224 g/mol. The Morgan fingerprint density at radius 3 is 2.83 bits per heavy atom. The lowest BCUT2D eigenvalue weighted by molar-refractivity contribution is 0.372. The number of nitrogens with zero attached hydrogens (tertiary/aromatic N) is 3. The molecule has 4 nitrogen and oxygen atoms in total. The van der Waals surface area contributed by atoms with E-state index < -0.39 is 0 Å². The third-order valence-corrected chi connectivity index (χ3v) is 3.69. The Balaban J connectivity index is 2.42. The quantitative estimate of drug-likeness (QED) is 0.899. The molecular formula is C14H20N4. The van der Waals surface area contributed by atoms with Crippen molar-refractivity contribution in [2.45, 2.75) is 33.2 Å². The van der Waals surface area contributed by atoms with E-state index in [2.05, 4.69) is 35.3 Å². The maximum Gasteiger partial charge on any atom is 0.132 e. The molecule has 18 heavy (non-hydrogen) atoms. The summed E-state index contributed by atoms with van der Waals surface area (Å²) in [5.41, 5.74) is 7.92. The van der Waals surface area contributed by atoms with Crippen molar-refractivity contribution < 1.29 is 0 Å². The highest BCUT2D eigenvalue weighted by molar-refractivity contribution is 5.70. The second kappa shape index (κ2) is 5.21. The molecule has 4 heteroatoms. The standard InChI is InChI=1S/C14H20N4/c1-4-10(2)11(3)18-9-16-8-13(18)12-6-5-7-17-14(12)15/h5-11H,4H2,1-3H3,(H2,15,17). The minimum atomic E-state index is 0.395. The summed E-state index contributed by atoms with van der Waals surface area (Å²) in [7, 11) is 0. The average molecular weight is 244 g/mol. The molecule has 2 aromatic rings. The van der Waals surface area contributed by atoms with E-state index in [1.165, 1.54) is 0 Å². The predicted octanol–water partition coefficient (Wildman–Crippen LogP) is 3.13. The highest BCUT2D eigenvalue weighted by Gasteiger charge is 2.17. The van der Waals surface area contributed by atoms with Gasteiger partial charge in [-0.05, 0) is 25.0 Å². The Morgan fingerprint density at radius 2 is 2.17 bits per heavy atom. The van der Waals surface area contributed by atoms with Crippen molar-refractivity contribution in [1.29, 1.82) is 0 Å². The molecule has 0 spiro atoms. The van der Waals surface area contributed by atoms with Gasteiger partial charge in [-0.2, -0.15) is 0 Å². The Kier molecular flexibility index (Phi) is 3.65. The lowest BCUT2D eigenvalue weighted by Gasteiger charge is -2.22. The third kappa shape index (κ3) is 2.23. The van der Waals surface area contributed by atoms with Crippen LogP contribution in [0, 0.1) is 5.92 Å². The van der Waals surface area contributed by atoms with E-state index in [4.69, 9.17) is 5.73 Å². The molecule has 0 radical (unpaired) electrons. The van der Waals surface area contributed by atoms with Crippen LogP contribution >= 0.6 is 0 Å². The second-order valence-corrected chi connectivity index (χ2v) is 4.75. The molecule has 0 aliphatic rings. The van der Waals surface area contributed by atoms with Gasteiger partial charge in [-0.1, -0.05) is 20.3 Å². The summed E-state index contributed by atoms with van der Waals surface area (Å²) in [4.78, 5) is 8.39. The van der Waals surface area contributed by atoms with Crippen LogP contribution in [0.15, 0.2) is 30.9 Å². The molecule has 2 unspecified atom stereocenters. The van der Waals surface area contributed by atoms with E-state index in [1.807, 2.05) is 24.7 Å². The highest BCUT2D eigenvalue weighted by atomic mass is 15.1. The topological polar surface area (TPSA) is 56.7 Å². The fourth-order valence-corrected chi connectivity index (χ4v) is 2.09. The van der Waals surface area contributed by atoms with Crippen LogP contribution < -0.4 is 5.73 Å². The number of hydrogen-bond acceptors (Lipinski definition) is 3. The Morgan fingerprint density at radius 1 is 1.39 bits per heavy atom. The van der Waals surface area contributed by atoms with E-state index in [-0.39, 0.29) is 0 Å². The van der Waals surface area contributed by atoms with Gasteiger partial charge in [0.05, 0.1) is 18.2 Å². The largest absolute Gasteiger partial charge is 0.383 e. The molecule has 2 rings (SSSR count). The van der Waals surface area contributed by atoms with Crippen molar-refractivity contribution in [3.05, 3.63) is 30.9 Å². The van der Waals surface area contributed by atoms with Gasteiger partial charge < -0.3 is 10.3 Å². The van der Waals surface area contributed by atoms with Crippen molar-refractivity contribution in [1.82, 2.24) is 14.5 Å². The van der Waals surface area contributed by atoms with E-state index in [0.717, 1.165) is 17.7 Å². The number of aromatic nitrogens is 3. The number of anilines is 1. The van der Waals surface area contributed by atoms with Gasteiger partial charge in [0, 0.05) is 17.8 Å². The normalized spacial score (nSPS) is 14.4. The first-order valence-electron chi connectivity index (χ1n) is 6.37. The summed E-state index contributed by atoms with van der Waals surface area (Å²) >= 11 is 0. The summed E-state index contributed by atoms with van der Waals surface area (Å²) in [5.74, 6) is 1.14. The maximum absolute atomic E-state index is 5.94. The van der Waals surface area contributed by atoms with Crippen molar-refractivity contribution in [3.63, 3.8) is 0 Å². The average Bonchev–Trinajstić information content (AvgIpc) is 2.86.